The van der Waals surface area contributed by atoms with Crippen LogP contribution in [-0.2, 0) is 13.3 Å². The van der Waals surface area contributed by atoms with Gasteiger partial charge in [0.15, 0.2) is 12.4 Å². The van der Waals surface area contributed by atoms with E-state index in [4.69, 9.17) is 16.3 Å². The highest BCUT2D eigenvalue weighted by atomic mass is 35.5. The second kappa shape index (κ2) is 10.1. The van der Waals surface area contributed by atoms with E-state index in [2.05, 4.69) is 5.10 Å². The summed E-state index contributed by atoms with van der Waals surface area (Å²) in [6.45, 7) is 2.07. The molecule has 1 fully saturated rings. The number of amides is 1. The minimum atomic E-state index is -0.674. The number of carbonyl (C=O) groups excluding carboxylic acids is 1. The quantitative estimate of drug-likeness (QED) is 0.369. The number of nitro groups is 1. The van der Waals surface area contributed by atoms with Crippen LogP contribution in [0.5, 0.6) is 5.75 Å². The Hall–Kier alpha value is -3.57. The number of nitro benzene ring substituents is 1. The molecule has 0 saturated carbocycles. The number of halogens is 3. The van der Waals surface area contributed by atoms with Crippen molar-refractivity contribution in [3.8, 4) is 5.75 Å². The summed E-state index contributed by atoms with van der Waals surface area (Å²) in [5.41, 5.74) is 0.239. The Kier molecular flexibility index (Phi) is 7.03. The zero-order valence-electron chi connectivity index (χ0n) is 17.9. The molecule has 1 aliphatic heterocycles. The fraction of sp³-hybridized carbons (Fsp3) is 0.273. The molecule has 1 amide bonds. The van der Waals surface area contributed by atoms with E-state index in [-0.39, 0.29) is 35.6 Å². The molecule has 3 aromatic rings. The number of nitrogens with zero attached hydrogens (tertiary/aromatic N) is 5. The van der Waals surface area contributed by atoms with Gasteiger partial charge in [-0.3, -0.25) is 19.8 Å². The summed E-state index contributed by atoms with van der Waals surface area (Å²) in [5, 5.41) is 15.6. The van der Waals surface area contributed by atoms with E-state index in [0.29, 0.717) is 43.3 Å². The third-order valence-corrected chi connectivity index (χ3v) is 5.79. The predicted octanol–water partition coefficient (Wildman–Crippen LogP) is 3.72. The molecule has 0 spiro atoms. The second-order valence-corrected chi connectivity index (χ2v) is 8.06. The van der Waals surface area contributed by atoms with Crippen LogP contribution >= 0.6 is 11.6 Å². The van der Waals surface area contributed by atoms with E-state index in [1.54, 1.807) is 17.0 Å². The molecule has 4 rings (SSSR count). The van der Waals surface area contributed by atoms with Gasteiger partial charge in [0.25, 0.3) is 5.91 Å². The summed E-state index contributed by atoms with van der Waals surface area (Å²) in [7, 11) is 0. The molecule has 1 aliphatic rings. The lowest BCUT2D eigenvalue weighted by Crippen LogP contribution is -2.48. The molecular weight excluding hydrogens is 472 g/mol. The monoisotopic (exact) mass is 491 g/mol. The van der Waals surface area contributed by atoms with Crippen LogP contribution in [-0.4, -0.2) is 56.6 Å². The first-order valence-electron chi connectivity index (χ1n) is 10.4. The van der Waals surface area contributed by atoms with E-state index in [9.17, 15) is 23.7 Å². The van der Waals surface area contributed by atoms with Crippen LogP contribution in [0.4, 0.5) is 14.5 Å². The topological polar surface area (TPSA) is 93.7 Å². The molecule has 0 bridgehead atoms. The van der Waals surface area contributed by atoms with Gasteiger partial charge in [-0.25, -0.2) is 13.5 Å². The summed E-state index contributed by atoms with van der Waals surface area (Å²) < 4.78 is 34.1. The smallest absolute Gasteiger partial charge is 0.311 e. The van der Waals surface area contributed by atoms with Crippen molar-refractivity contribution in [2.24, 2.45) is 0 Å². The lowest BCUT2D eigenvalue weighted by atomic mass is 10.1. The molecule has 0 unspecified atom stereocenters. The van der Waals surface area contributed by atoms with Gasteiger partial charge in [-0.1, -0.05) is 17.7 Å². The number of benzene rings is 2. The first-order valence-corrected chi connectivity index (χ1v) is 10.7. The largest absolute Gasteiger partial charge is 0.464 e. The Morgan fingerprint density at radius 3 is 2.62 bits per heavy atom. The minimum absolute atomic E-state index is 0.183. The lowest BCUT2D eigenvalue weighted by Gasteiger charge is -2.34. The summed E-state index contributed by atoms with van der Waals surface area (Å²) >= 11 is 6.10. The van der Waals surface area contributed by atoms with Crippen molar-refractivity contribution in [1.82, 2.24) is 19.6 Å². The third kappa shape index (κ3) is 5.32. The molecule has 2 aromatic carbocycles. The highest BCUT2D eigenvalue weighted by Crippen LogP contribution is 2.27. The predicted molar refractivity (Wildman–Crippen MR) is 118 cm³/mol. The van der Waals surface area contributed by atoms with E-state index < -0.39 is 10.7 Å². The van der Waals surface area contributed by atoms with Gasteiger partial charge < -0.3 is 9.64 Å². The SMILES string of the molecule is O=C(c1ccn(COc2cc(F)ccc2[N+](=O)[O-])n1)N1CCN(Cc2c(F)cccc2Cl)CC1. The van der Waals surface area contributed by atoms with Gasteiger partial charge in [0, 0.05) is 61.6 Å². The van der Waals surface area contributed by atoms with Gasteiger partial charge in [0.05, 0.1) is 4.92 Å². The van der Waals surface area contributed by atoms with Gasteiger partial charge in [0.2, 0.25) is 5.75 Å². The van der Waals surface area contributed by atoms with E-state index in [0.717, 1.165) is 18.2 Å². The molecule has 9 nitrogen and oxygen atoms in total. The lowest BCUT2D eigenvalue weighted by molar-refractivity contribution is -0.386. The van der Waals surface area contributed by atoms with Crippen molar-refractivity contribution in [2.45, 2.75) is 13.3 Å². The van der Waals surface area contributed by atoms with Crippen LogP contribution in [0.2, 0.25) is 5.02 Å². The molecule has 0 radical (unpaired) electrons. The van der Waals surface area contributed by atoms with Crippen LogP contribution in [0, 0.1) is 21.7 Å². The molecule has 1 saturated heterocycles. The van der Waals surface area contributed by atoms with Gasteiger partial charge in [-0.05, 0) is 24.3 Å². The highest BCUT2D eigenvalue weighted by Gasteiger charge is 2.25. The van der Waals surface area contributed by atoms with Crippen molar-refractivity contribution < 1.29 is 23.2 Å². The second-order valence-electron chi connectivity index (χ2n) is 7.65. The van der Waals surface area contributed by atoms with Crippen LogP contribution in [0.15, 0.2) is 48.7 Å². The Balaban J connectivity index is 1.33. The fourth-order valence-corrected chi connectivity index (χ4v) is 3.84. The van der Waals surface area contributed by atoms with E-state index >= 15 is 0 Å². The molecule has 1 aromatic heterocycles. The zero-order chi connectivity index (χ0) is 24.2. The fourth-order valence-electron chi connectivity index (χ4n) is 3.62. The Labute approximate surface area is 198 Å². The van der Waals surface area contributed by atoms with Gasteiger partial charge >= 0.3 is 5.69 Å². The van der Waals surface area contributed by atoms with Crippen molar-refractivity contribution in [3.63, 3.8) is 0 Å². The minimum Gasteiger partial charge on any atom is -0.464 e. The summed E-state index contributed by atoms with van der Waals surface area (Å²) in [4.78, 5) is 26.9. The van der Waals surface area contributed by atoms with E-state index in [1.165, 1.54) is 23.0 Å². The first-order chi connectivity index (χ1) is 16.3. The molecule has 0 aliphatic carbocycles. The molecular formula is C22H20ClF2N5O4. The number of piperazine rings is 1. The highest BCUT2D eigenvalue weighted by molar-refractivity contribution is 6.31. The number of carbonyl (C=O) groups is 1. The third-order valence-electron chi connectivity index (χ3n) is 5.43. The maximum Gasteiger partial charge on any atom is 0.311 e. The number of rotatable bonds is 7. The molecule has 2 heterocycles. The van der Waals surface area contributed by atoms with Crippen LogP contribution in [0.25, 0.3) is 0 Å². The van der Waals surface area contributed by atoms with Crippen LogP contribution in [0.1, 0.15) is 16.1 Å². The normalized spacial score (nSPS) is 14.3. The van der Waals surface area contributed by atoms with Crippen LogP contribution < -0.4 is 4.74 Å². The number of hydrogen-bond donors (Lipinski definition) is 0. The maximum absolute atomic E-state index is 14.0. The number of ether oxygens (including phenoxy) is 1. The maximum atomic E-state index is 14.0. The number of aromatic nitrogens is 2. The average molecular weight is 492 g/mol. The molecule has 178 valence electrons. The zero-order valence-corrected chi connectivity index (χ0v) is 18.6. The summed E-state index contributed by atoms with van der Waals surface area (Å²) in [6, 6.07) is 8.99. The Bertz CT molecular complexity index is 1190. The average Bonchev–Trinajstić information content (AvgIpc) is 3.29. The van der Waals surface area contributed by atoms with Crippen molar-refractivity contribution >= 4 is 23.2 Å². The van der Waals surface area contributed by atoms with E-state index in [1.807, 2.05) is 4.90 Å². The van der Waals surface area contributed by atoms with Gasteiger partial charge in [0.1, 0.15) is 11.6 Å². The van der Waals surface area contributed by atoms with Gasteiger partial charge in [-0.2, -0.15) is 5.10 Å². The number of hydrogen-bond acceptors (Lipinski definition) is 6. The molecule has 34 heavy (non-hydrogen) atoms. The first kappa shape index (κ1) is 23.6. The molecule has 0 atom stereocenters. The Morgan fingerprint density at radius 1 is 1.15 bits per heavy atom. The Morgan fingerprint density at radius 2 is 1.91 bits per heavy atom. The van der Waals surface area contributed by atoms with Crippen molar-refractivity contribution in [1.29, 1.82) is 0 Å². The summed E-state index contributed by atoms with van der Waals surface area (Å²) in [6.07, 6.45) is 1.49. The summed E-state index contributed by atoms with van der Waals surface area (Å²) in [5.74, 6) is -1.55. The standard InChI is InChI=1S/C22H20ClF2N5O4/c23-17-2-1-3-18(25)16(17)13-27-8-10-28(11-9-27)22(31)19-6-7-29(26-19)14-34-21-12-15(24)4-5-20(21)30(32)33/h1-7,12H,8-11,13-14H2. The van der Waals surface area contributed by atoms with Crippen LogP contribution in [0.3, 0.4) is 0 Å². The molecule has 12 heteroatoms. The van der Waals surface area contributed by atoms with Crippen molar-refractivity contribution in [3.05, 3.63) is 86.7 Å². The van der Waals surface area contributed by atoms with Gasteiger partial charge in [-0.15, -0.1) is 0 Å². The molecule has 0 N–H and O–H groups in total. The van der Waals surface area contributed by atoms with Crippen molar-refractivity contribution in [2.75, 3.05) is 26.2 Å².